The third-order valence-electron chi connectivity index (χ3n) is 4.78. The minimum Gasteiger partial charge on any atom is -0.465 e. The fourth-order valence-electron chi connectivity index (χ4n) is 3.39. The smallest absolute Gasteiger partial charge is 0.350 e. The van der Waals surface area contributed by atoms with Gasteiger partial charge in [0.1, 0.15) is 4.88 Å². The Morgan fingerprint density at radius 2 is 1.69 bits per heavy atom. The topological polar surface area (TPSA) is 82.5 Å². The van der Waals surface area contributed by atoms with Crippen LogP contribution in [0.1, 0.15) is 9.67 Å². The average molecular weight is 400 g/mol. The number of hydrogen-bond acceptors (Lipinski definition) is 6. The molecule has 5 aromatic rings. The van der Waals surface area contributed by atoms with E-state index in [0.29, 0.717) is 26.4 Å². The molecule has 0 saturated heterocycles. The first-order valence-corrected chi connectivity index (χ1v) is 9.80. The van der Waals surface area contributed by atoms with Crippen LogP contribution in [0.2, 0.25) is 0 Å². The van der Waals surface area contributed by atoms with Crippen molar-refractivity contribution in [2.45, 2.75) is 0 Å². The highest BCUT2D eigenvalue weighted by molar-refractivity contribution is 7.21. The highest BCUT2D eigenvalue weighted by Gasteiger charge is 2.23. The Balaban J connectivity index is 1.87. The molecule has 0 aliphatic carbocycles. The first-order valence-electron chi connectivity index (χ1n) is 8.98. The van der Waals surface area contributed by atoms with Gasteiger partial charge >= 0.3 is 5.97 Å². The average Bonchev–Trinajstić information content (AvgIpc) is 3.30. The van der Waals surface area contributed by atoms with E-state index in [2.05, 4.69) is 0 Å². The van der Waals surface area contributed by atoms with Crippen molar-refractivity contribution >= 4 is 38.9 Å². The molecule has 6 nitrogen and oxygen atoms in total. The van der Waals surface area contributed by atoms with Crippen molar-refractivity contribution in [3.05, 3.63) is 71.6 Å². The van der Waals surface area contributed by atoms with Gasteiger partial charge in [-0.15, -0.1) is 11.3 Å². The van der Waals surface area contributed by atoms with Gasteiger partial charge in [0.2, 0.25) is 0 Å². The van der Waals surface area contributed by atoms with Gasteiger partial charge in [0.25, 0.3) is 0 Å². The largest absolute Gasteiger partial charge is 0.465 e. The molecule has 0 fully saturated rings. The maximum absolute atomic E-state index is 12.1. The molecule has 3 aromatic heterocycles. The lowest BCUT2D eigenvalue weighted by atomic mass is 10.1. The molecular weight excluding hydrogens is 384 g/mol. The number of benzene rings is 2. The number of esters is 1. The number of fused-ring (bicyclic) bond motifs is 3. The Morgan fingerprint density at radius 1 is 1.03 bits per heavy atom. The molecule has 29 heavy (non-hydrogen) atoms. The van der Waals surface area contributed by atoms with Crippen LogP contribution in [-0.2, 0) is 4.74 Å². The van der Waals surface area contributed by atoms with Crippen LogP contribution in [0.4, 0.5) is 5.69 Å². The van der Waals surface area contributed by atoms with E-state index >= 15 is 0 Å². The summed E-state index contributed by atoms with van der Waals surface area (Å²) < 4.78 is 6.64. The summed E-state index contributed by atoms with van der Waals surface area (Å²) in [5.74, 6) is -0.467. The number of aromatic nitrogens is 3. The van der Waals surface area contributed by atoms with E-state index < -0.39 is 5.97 Å². The molecule has 0 spiro atoms. The lowest BCUT2D eigenvalue weighted by Gasteiger charge is -2.09. The molecule has 0 amide bonds. The number of nitrogen functional groups attached to an aromatic ring is 1. The Labute approximate surface area is 170 Å². The van der Waals surface area contributed by atoms with E-state index in [0.717, 1.165) is 22.5 Å². The van der Waals surface area contributed by atoms with Crippen LogP contribution in [0.5, 0.6) is 0 Å². The maximum atomic E-state index is 12.1. The van der Waals surface area contributed by atoms with Crippen LogP contribution in [0.15, 0.2) is 66.7 Å². The van der Waals surface area contributed by atoms with Crippen molar-refractivity contribution < 1.29 is 9.53 Å². The summed E-state index contributed by atoms with van der Waals surface area (Å²) >= 11 is 1.22. The molecule has 3 heterocycles. The summed E-state index contributed by atoms with van der Waals surface area (Å²) in [7, 11) is 1.34. The normalized spacial score (nSPS) is 11.2. The van der Waals surface area contributed by atoms with Gasteiger partial charge in [-0.3, -0.25) is 0 Å². The second-order valence-electron chi connectivity index (χ2n) is 6.51. The van der Waals surface area contributed by atoms with Gasteiger partial charge in [-0.1, -0.05) is 60.7 Å². The highest BCUT2D eigenvalue weighted by Crippen LogP contribution is 2.38. The second-order valence-corrected chi connectivity index (χ2v) is 7.51. The maximum Gasteiger partial charge on any atom is 0.350 e. The van der Waals surface area contributed by atoms with Gasteiger partial charge in [-0.05, 0) is 6.07 Å². The molecule has 2 aromatic carbocycles. The lowest BCUT2D eigenvalue weighted by molar-refractivity contribution is 0.0607. The highest BCUT2D eigenvalue weighted by atomic mass is 32.1. The predicted molar refractivity (Wildman–Crippen MR) is 115 cm³/mol. The van der Waals surface area contributed by atoms with Crippen LogP contribution < -0.4 is 5.73 Å². The molecule has 7 heteroatoms. The van der Waals surface area contributed by atoms with Gasteiger partial charge in [0.05, 0.1) is 29.6 Å². The Morgan fingerprint density at radius 3 is 2.34 bits per heavy atom. The number of rotatable bonds is 3. The van der Waals surface area contributed by atoms with E-state index in [1.54, 1.807) is 4.52 Å². The zero-order valence-corrected chi connectivity index (χ0v) is 16.3. The van der Waals surface area contributed by atoms with E-state index in [4.69, 9.17) is 20.6 Å². The molecule has 2 N–H and O–H groups in total. The summed E-state index contributed by atoms with van der Waals surface area (Å²) in [5.41, 5.74) is 11.0. The lowest BCUT2D eigenvalue weighted by Crippen LogP contribution is -2.03. The van der Waals surface area contributed by atoms with Crippen molar-refractivity contribution in [1.29, 1.82) is 0 Å². The minimum atomic E-state index is -0.467. The van der Waals surface area contributed by atoms with Gasteiger partial charge in [-0.2, -0.15) is 5.10 Å². The Kier molecular flexibility index (Phi) is 4.03. The van der Waals surface area contributed by atoms with E-state index in [1.165, 1.54) is 18.4 Å². The number of thiophene rings is 1. The van der Waals surface area contributed by atoms with Gasteiger partial charge in [-0.25, -0.2) is 14.3 Å². The van der Waals surface area contributed by atoms with Gasteiger partial charge < -0.3 is 10.5 Å². The number of nitrogens with zero attached hydrogens (tertiary/aromatic N) is 3. The van der Waals surface area contributed by atoms with Gasteiger partial charge in [0, 0.05) is 11.1 Å². The third-order valence-corrected chi connectivity index (χ3v) is 5.85. The molecule has 142 valence electrons. The molecule has 0 aliphatic rings. The van der Waals surface area contributed by atoms with Crippen LogP contribution in [0.25, 0.3) is 38.4 Å². The van der Waals surface area contributed by atoms with E-state index in [9.17, 15) is 4.79 Å². The number of hydrogen-bond donors (Lipinski definition) is 1. The Bertz CT molecular complexity index is 1360. The molecule has 0 radical (unpaired) electrons. The van der Waals surface area contributed by atoms with Crippen molar-refractivity contribution in [2.24, 2.45) is 0 Å². The fraction of sp³-hybridized carbons (Fsp3) is 0.0455. The first kappa shape index (κ1) is 17.4. The third kappa shape index (κ3) is 2.75. The minimum absolute atomic E-state index is 0.348. The van der Waals surface area contributed by atoms with Crippen molar-refractivity contribution in [2.75, 3.05) is 12.8 Å². The molecule has 0 unspecified atom stereocenters. The SMILES string of the molecule is COC(=O)c1sc2nn3c(-c4ccccc4)cc(-c4ccccc4)nc3c2c1N. The zero-order valence-electron chi connectivity index (χ0n) is 15.5. The summed E-state index contributed by atoms with van der Waals surface area (Å²) in [6, 6.07) is 22.0. The van der Waals surface area contributed by atoms with Crippen molar-refractivity contribution in [3.8, 4) is 22.5 Å². The number of ether oxygens (including phenoxy) is 1. The van der Waals surface area contributed by atoms with Crippen LogP contribution >= 0.6 is 11.3 Å². The Hall–Kier alpha value is -3.71. The standard InChI is InChI=1S/C22H16N4O2S/c1-28-22(27)19-18(23)17-20-24-15(13-8-4-2-5-9-13)12-16(14-10-6-3-7-11-14)26(20)25-21(17)29-19/h2-12H,23H2,1H3. The first-order chi connectivity index (χ1) is 14.2. The number of carbonyl (C=O) groups excluding carboxylic acids is 1. The van der Waals surface area contributed by atoms with E-state index in [1.807, 2.05) is 66.7 Å². The summed E-state index contributed by atoms with van der Waals surface area (Å²) in [5, 5.41) is 5.38. The molecule has 5 rings (SSSR count). The van der Waals surface area contributed by atoms with Crippen molar-refractivity contribution in [3.63, 3.8) is 0 Å². The number of carbonyl (C=O) groups is 1. The van der Waals surface area contributed by atoms with Crippen LogP contribution in [0, 0.1) is 0 Å². The van der Waals surface area contributed by atoms with Crippen LogP contribution in [-0.4, -0.2) is 27.7 Å². The summed E-state index contributed by atoms with van der Waals surface area (Å²) in [6.07, 6.45) is 0. The number of methoxy groups -OCH3 is 1. The molecule has 0 saturated carbocycles. The molecule has 0 bridgehead atoms. The van der Waals surface area contributed by atoms with Crippen molar-refractivity contribution in [1.82, 2.24) is 14.6 Å². The molecule has 0 aliphatic heterocycles. The predicted octanol–water partition coefficient (Wildman–Crippen LogP) is 4.65. The second kappa shape index (κ2) is 6.72. The van der Waals surface area contributed by atoms with E-state index in [-0.39, 0.29) is 0 Å². The quantitative estimate of drug-likeness (QED) is 0.446. The summed E-state index contributed by atoms with van der Waals surface area (Å²) in [6.45, 7) is 0. The zero-order chi connectivity index (χ0) is 20.0. The molecular formula is C22H16N4O2S. The van der Waals surface area contributed by atoms with Crippen LogP contribution in [0.3, 0.4) is 0 Å². The van der Waals surface area contributed by atoms with Gasteiger partial charge in [0.15, 0.2) is 10.5 Å². The molecule has 0 atom stereocenters. The fourth-order valence-corrected chi connectivity index (χ4v) is 4.38. The number of anilines is 1. The summed E-state index contributed by atoms with van der Waals surface area (Å²) in [4.78, 5) is 17.9. The monoisotopic (exact) mass is 400 g/mol. The number of nitrogens with two attached hydrogens (primary N) is 1.